The van der Waals surface area contributed by atoms with Crippen LogP contribution in [0.15, 0.2) is 12.3 Å². The van der Waals surface area contributed by atoms with Gasteiger partial charge < -0.3 is 10.7 Å². The van der Waals surface area contributed by atoms with Crippen LogP contribution >= 0.6 is 0 Å². The van der Waals surface area contributed by atoms with Gasteiger partial charge in [0, 0.05) is 17.9 Å². The maximum absolute atomic E-state index is 12.2. The number of pyridine rings is 1. The van der Waals surface area contributed by atoms with Crippen molar-refractivity contribution in [3.63, 3.8) is 0 Å². The summed E-state index contributed by atoms with van der Waals surface area (Å²) in [7, 11) is -3.05. The van der Waals surface area contributed by atoms with Crippen LogP contribution in [-0.2, 0) is 9.84 Å². The highest BCUT2D eigenvalue weighted by atomic mass is 32.2. The van der Waals surface area contributed by atoms with Crippen molar-refractivity contribution in [1.29, 1.82) is 0 Å². The Morgan fingerprint density at radius 2 is 2.25 bits per heavy atom. The normalized spacial score (nSPS) is 21.2. The molecule has 2 rings (SSSR count). The van der Waals surface area contributed by atoms with Crippen LogP contribution in [0.2, 0.25) is 0 Å². The quantitative estimate of drug-likeness (QED) is 0.534. The molecule has 0 radical (unpaired) electrons. The molecule has 1 saturated heterocycles. The number of hydrogen-bond donors (Lipinski definition) is 3. The molecule has 1 aliphatic heterocycles. The molecule has 1 unspecified atom stereocenters. The van der Waals surface area contributed by atoms with Crippen molar-refractivity contribution < 1.29 is 13.2 Å². The number of sulfone groups is 1. The number of nitrogens with one attached hydrogen (secondary N) is 2. The van der Waals surface area contributed by atoms with Gasteiger partial charge in [-0.1, -0.05) is 0 Å². The third kappa shape index (κ3) is 3.45. The van der Waals surface area contributed by atoms with E-state index >= 15 is 0 Å². The van der Waals surface area contributed by atoms with Crippen LogP contribution in [0.5, 0.6) is 0 Å². The lowest BCUT2D eigenvalue weighted by Crippen LogP contribution is -2.43. The van der Waals surface area contributed by atoms with Gasteiger partial charge in [0.15, 0.2) is 9.84 Å². The van der Waals surface area contributed by atoms with E-state index in [1.807, 2.05) is 0 Å². The number of carbonyl (C=O) groups excluding carboxylic acids is 1. The summed E-state index contributed by atoms with van der Waals surface area (Å²) < 4.78 is 23.1. The fraction of sp³-hybridized carbons (Fsp3) is 0.500. The van der Waals surface area contributed by atoms with Gasteiger partial charge in [-0.05, 0) is 25.8 Å². The number of nitrogens with zero attached hydrogens (tertiary/aromatic N) is 1. The first-order valence-corrected chi connectivity index (χ1v) is 8.18. The fourth-order valence-corrected chi connectivity index (χ4v) is 3.90. The first kappa shape index (κ1) is 14.7. The van der Waals surface area contributed by atoms with Crippen molar-refractivity contribution in [1.82, 2.24) is 10.3 Å². The standard InChI is InChI=1S/C12H18N4O3S/c1-8-5-11(16-13)10(6-14-8)12(17)15-9-3-2-4-20(18,19)7-9/h5-6,9H,2-4,7,13H2,1H3,(H,14,16)(H,15,17). The van der Waals surface area contributed by atoms with E-state index in [0.717, 1.165) is 5.69 Å². The third-order valence-electron chi connectivity index (χ3n) is 3.24. The molecule has 0 bridgehead atoms. The number of aromatic nitrogens is 1. The molecule has 1 atom stereocenters. The van der Waals surface area contributed by atoms with Gasteiger partial charge in [-0.25, -0.2) is 8.42 Å². The molecule has 20 heavy (non-hydrogen) atoms. The Hall–Kier alpha value is -1.67. The van der Waals surface area contributed by atoms with Crippen LogP contribution in [0.1, 0.15) is 28.9 Å². The molecule has 1 amide bonds. The minimum Gasteiger partial charge on any atom is -0.348 e. The maximum Gasteiger partial charge on any atom is 0.255 e. The van der Waals surface area contributed by atoms with Crippen molar-refractivity contribution in [2.75, 3.05) is 16.9 Å². The van der Waals surface area contributed by atoms with Gasteiger partial charge in [0.1, 0.15) is 0 Å². The largest absolute Gasteiger partial charge is 0.348 e. The zero-order valence-electron chi connectivity index (χ0n) is 11.2. The fourth-order valence-electron chi connectivity index (χ4n) is 2.26. The Morgan fingerprint density at radius 3 is 2.90 bits per heavy atom. The van der Waals surface area contributed by atoms with E-state index in [1.165, 1.54) is 6.20 Å². The predicted octanol–water partition coefficient (Wildman–Crippen LogP) is -0.0174. The number of amides is 1. The van der Waals surface area contributed by atoms with Crippen molar-refractivity contribution in [3.05, 3.63) is 23.5 Å². The zero-order chi connectivity index (χ0) is 14.8. The lowest BCUT2D eigenvalue weighted by molar-refractivity contribution is 0.0938. The van der Waals surface area contributed by atoms with Crippen LogP contribution in [0.4, 0.5) is 5.69 Å². The number of hydrazine groups is 1. The van der Waals surface area contributed by atoms with E-state index in [0.29, 0.717) is 24.1 Å². The average molecular weight is 298 g/mol. The van der Waals surface area contributed by atoms with E-state index < -0.39 is 9.84 Å². The summed E-state index contributed by atoms with van der Waals surface area (Å²) in [5.74, 6) is 5.20. The van der Waals surface area contributed by atoms with Crippen molar-refractivity contribution in [2.45, 2.75) is 25.8 Å². The highest BCUT2D eigenvalue weighted by Gasteiger charge is 2.26. The van der Waals surface area contributed by atoms with Gasteiger partial charge in [0.25, 0.3) is 5.91 Å². The Morgan fingerprint density at radius 1 is 1.50 bits per heavy atom. The maximum atomic E-state index is 12.2. The second-order valence-corrected chi connectivity index (χ2v) is 7.17. The summed E-state index contributed by atoms with van der Waals surface area (Å²) in [5, 5.41) is 2.73. The van der Waals surface area contributed by atoms with E-state index in [9.17, 15) is 13.2 Å². The molecule has 1 fully saturated rings. The molecule has 0 aliphatic carbocycles. The van der Waals surface area contributed by atoms with Crippen molar-refractivity contribution >= 4 is 21.4 Å². The third-order valence-corrected chi connectivity index (χ3v) is 5.06. The van der Waals surface area contributed by atoms with Gasteiger partial charge in [-0.15, -0.1) is 0 Å². The topological polar surface area (TPSA) is 114 Å². The Labute approximate surface area is 117 Å². The van der Waals surface area contributed by atoms with E-state index in [-0.39, 0.29) is 23.5 Å². The molecule has 1 aromatic heterocycles. The first-order valence-electron chi connectivity index (χ1n) is 6.36. The van der Waals surface area contributed by atoms with E-state index in [2.05, 4.69) is 15.7 Å². The molecule has 110 valence electrons. The lowest BCUT2D eigenvalue weighted by Gasteiger charge is -2.23. The van der Waals surface area contributed by atoms with Gasteiger partial charge in [0.05, 0.1) is 22.8 Å². The van der Waals surface area contributed by atoms with E-state index in [4.69, 9.17) is 5.84 Å². The summed E-state index contributed by atoms with van der Waals surface area (Å²) in [6.45, 7) is 1.79. The Balaban J connectivity index is 2.12. The van der Waals surface area contributed by atoms with Crippen LogP contribution < -0.4 is 16.6 Å². The number of nitrogen functional groups attached to an aromatic ring is 1. The van der Waals surface area contributed by atoms with Crippen molar-refractivity contribution in [3.8, 4) is 0 Å². The SMILES string of the molecule is Cc1cc(NN)c(C(=O)NC2CCCS(=O)(=O)C2)cn1. The number of carbonyl (C=O) groups is 1. The van der Waals surface area contributed by atoms with Crippen LogP contribution in [-0.4, -0.2) is 36.9 Å². The number of nitrogens with two attached hydrogens (primary N) is 1. The molecule has 0 saturated carbocycles. The van der Waals surface area contributed by atoms with Crippen LogP contribution in [0.3, 0.4) is 0 Å². The minimum absolute atomic E-state index is 0.0105. The molecule has 1 aromatic rings. The van der Waals surface area contributed by atoms with Crippen LogP contribution in [0.25, 0.3) is 0 Å². The second kappa shape index (κ2) is 5.76. The first-order chi connectivity index (χ1) is 9.41. The number of hydrogen-bond acceptors (Lipinski definition) is 6. The molecule has 7 nitrogen and oxygen atoms in total. The zero-order valence-corrected chi connectivity index (χ0v) is 12.0. The highest BCUT2D eigenvalue weighted by molar-refractivity contribution is 7.91. The minimum atomic E-state index is -3.05. The monoisotopic (exact) mass is 298 g/mol. The van der Waals surface area contributed by atoms with Crippen LogP contribution in [0, 0.1) is 6.92 Å². The molecule has 1 aliphatic rings. The Bertz CT molecular complexity index is 615. The number of aryl methyl sites for hydroxylation is 1. The molecule has 0 aromatic carbocycles. The van der Waals surface area contributed by atoms with E-state index in [1.54, 1.807) is 13.0 Å². The molecular weight excluding hydrogens is 280 g/mol. The second-order valence-electron chi connectivity index (χ2n) is 4.94. The summed E-state index contributed by atoms with van der Waals surface area (Å²) in [4.78, 5) is 16.2. The highest BCUT2D eigenvalue weighted by Crippen LogP contribution is 2.16. The van der Waals surface area contributed by atoms with Gasteiger partial charge in [0.2, 0.25) is 0 Å². The van der Waals surface area contributed by atoms with Gasteiger partial charge in [-0.2, -0.15) is 0 Å². The smallest absolute Gasteiger partial charge is 0.255 e. The average Bonchev–Trinajstić information content (AvgIpc) is 2.37. The Kier molecular flexibility index (Phi) is 4.24. The van der Waals surface area contributed by atoms with Gasteiger partial charge >= 0.3 is 0 Å². The number of anilines is 1. The summed E-state index contributed by atoms with van der Waals surface area (Å²) in [6.07, 6.45) is 2.66. The summed E-state index contributed by atoms with van der Waals surface area (Å²) >= 11 is 0. The lowest BCUT2D eigenvalue weighted by atomic mass is 10.1. The van der Waals surface area contributed by atoms with Crippen molar-refractivity contribution in [2.24, 2.45) is 5.84 Å². The molecular formula is C12H18N4O3S. The number of rotatable bonds is 3. The molecule has 0 spiro atoms. The molecule has 8 heteroatoms. The van der Waals surface area contributed by atoms with Gasteiger partial charge in [-0.3, -0.25) is 15.6 Å². The molecule has 2 heterocycles. The molecule has 4 N–H and O–H groups in total. The summed E-state index contributed by atoms with van der Waals surface area (Å²) in [6, 6.07) is 1.31. The summed E-state index contributed by atoms with van der Waals surface area (Å²) in [5.41, 5.74) is 3.96. The predicted molar refractivity (Wildman–Crippen MR) is 75.9 cm³/mol.